The summed E-state index contributed by atoms with van der Waals surface area (Å²) in [7, 11) is 0. The number of nitrogens with zero attached hydrogens (tertiary/aromatic N) is 2. The van der Waals surface area contributed by atoms with E-state index in [-0.39, 0.29) is 17.6 Å². The zero-order valence-corrected chi connectivity index (χ0v) is 22.0. The molecule has 0 aliphatic carbocycles. The van der Waals surface area contributed by atoms with Crippen LogP contribution in [-0.4, -0.2) is 60.1 Å². The van der Waals surface area contributed by atoms with Crippen molar-refractivity contribution in [3.05, 3.63) is 87.1 Å². The SMILES string of the molecule is O=c1c(-c2ccc3c(c2)OCCO3)coc2cc(OCC(O)CN3C[C@H]4C[C@@H](C3)c3cccc(=O)n3C4)ccc12. The number of aliphatic hydroxyl groups is 1. The quantitative estimate of drug-likeness (QED) is 0.396. The number of rotatable bonds is 6. The number of aromatic nitrogens is 1. The summed E-state index contributed by atoms with van der Waals surface area (Å²) >= 11 is 0. The Bertz CT molecular complexity index is 1690. The molecule has 2 aromatic heterocycles. The molecule has 1 fully saturated rings. The highest BCUT2D eigenvalue weighted by Crippen LogP contribution is 2.36. The Morgan fingerprint density at radius 1 is 0.975 bits per heavy atom. The van der Waals surface area contributed by atoms with Crippen LogP contribution in [0.3, 0.4) is 0 Å². The Balaban J connectivity index is 1.01. The molecular weight excluding hydrogens is 512 g/mol. The van der Waals surface area contributed by atoms with Crippen LogP contribution in [0.15, 0.2) is 74.9 Å². The fraction of sp³-hybridized carbons (Fsp3) is 0.355. The van der Waals surface area contributed by atoms with E-state index in [0.717, 1.165) is 31.7 Å². The molecule has 40 heavy (non-hydrogen) atoms. The van der Waals surface area contributed by atoms with Crippen LogP contribution in [-0.2, 0) is 6.54 Å². The van der Waals surface area contributed by atoms with Gasteiger partial charge in [0.25, 0.3) is 5.56 Å². The van der Waals surface area contributed by atoms with E-state index in [9.17, 15) is 14.7 Å². The Kier molecular flexibility index (Phi) is 6.32. The monoisotopic (exact) mass is 542 g/mol. The molecule has 2 aromatic carbocycles. The minimum atomic E-state index is -0.683. The van der Waals surface area contributed by atoms with Crippen molar-refractivity contribution in [2.45, 2.75) is 25.0 Å². The van der Waals surface area contributed by atoms with Crippen LogP contribution < -0.4 is 25.2 Å². The van der Waals surface area contributed by atoms with Gasteiger partial charge in [0.05, 0.1) is 10.9 Å². The second-order valence-electron chi connectivity index (χ2n) is 10.9. The molecule has 1 unspecified atom stereocenters. The largest absolute Gasteiger partial charge is 0.491 e. The van der Waals surface area contributed by atoms with Gasteiger partial charge in [0.1, 0.15) is 43.5 Å². The first-order chi connectivity index (χ1) is 19.5. The molecule has 3 atom stereocenters. The van der Waals surface area contributed by atoms with Crippen LogP contribution in [0.2, 0.25) is 0 Å². The maximum Gasteiger partial charge on any atom is 0.250 e. The van der Waals surface area contributed by atoms with Crippen molar-refractivity contribution in [2.75, 3.05) is 39.5 Å². The van der Waals surface area contributed by atoms with E-state index in [2.05, 4.69) is 4.90 Å². The Labute approximate surface area is 230 Å². The van der Waals surface area contributed by atoms with Gasteiger partial charge in [-0.1, -0.05) is 12.1 Å². The van der Waals surface area contributed by atoms with Gasteiger partial charge in [-0.3, -0.25) is 14.5 Å². The van der Waals surface area contributed by atoms with Crippen molar-refractivity contribution >= 4 is 11.0 Å². The molecular formula is C31H30N2O7. The van der Waals surface area contributed by atoms with Crippen molar-refractivity contribution < 1.29 is 23.7 Å². The lowest BCUT2D eigenvalue weighted by atomic mass is 9.83. The normalized spacial score (nSPS) is 20.6. The van der Waals surface area contributed by atoms with Gasteiger partial charge in [0.15, 0.2) is 16.9 Å². The lowest BCUT2D eigenvalue weighted by molar-refractivity contribution is 0.0384. The lowest BCUT2D eigenvalue weighted by Gasteiger charge is -2.43. The second-order valence-corrected chi connectivity index (χ2v) is 10.9. The van der Waals surface area contributed by atoms with Gasteiger partial charge in [-0.15, -0.1) is 0 Å². The average Bonchev–Trinajstić information content (AvgIpc) is 2.96. The number of β-amino-alcohol motifs (C(OH)–C–C–N with tert-alkyl or cyclic N) is 1. The Morgan fingerprint density at radius 3 is 2.75 bits per heavy atom. The Morgan fingerprint density at radius 2 is 1.85 bits per heavy atom. The van der Waals surface area contributed by atoms with Crippen LogP contribution in [0.5, 0.6) is 17.2 Å². The van der Waals surface area contributed by atoms with Crippen molar-refractivity contribution in [1.82, 2.24) is 9.47 Å². The zero-order chi connectivity index (χ0) is 27.2. The number of fused-ring (bicyclic) bond motifs is 6. The number of hydrogen-bond donors (Lipinski definition) is 1. The maximum atomic E-state index is 13.2. The smallest absolute Gasteiger partial charge is 0.250 e. The van der Waals surface area contributed by atoms with Crippen LogP contribution >= 0.6 is 0 Å². The molecule has 0 radical (unpaired) electrons. The topological polar surface area (TPSA) is 103 Å². The van der Waals surface area contributed by atoms with Gasteiger partial charge >= 0.3 is 0 Å². The van der Waals surface area contributed by atoms with Crippen molar-refractivity contribution in [2.24, 2.45) is 5.92 Å². The van der Waals surface area contributed by atoms with Gasteiger partial charge in [0.2, 0.25) is 0 Å². The predicted molar refractivity (Wildman–Crippen MR) is 148 cm³/mol. The number of aliphatic hydroxyl groups excluding tert-OH is 1. The van der Waals surface area contributed by atoms with Crippen molar-refractivity contribution in [3.63, 3.8) is 0 Å². The molecule has 9 heteroatoms. The van der Waals surface area contributed by atoms with Crippen molar-refractivity contribution in [3.8, 4) is 28.4 Å². The van der Waals surface area contributed by atoms with Crippen LogP contribution in [0.1, 0.15) is 18.0 Å². The number of pyridine rings is 1. The van der Waals surface area contributed by atoms with Gasteiger partial charge in [-0.05, 0) is 48.2 Å². The molecule has 3 aliphatic heterocycles. The molecule has 0 spiro atoms. The molecule has 0 amide bonds. The van der Waals surface area contributed by atoms with Gasteiger partial charge in [0, 0.05) is 49.9 Å². The average molecular weight is 543 g/mol. The third-order valence-corrected chi connectivity index (χ3v) is 8.07. The van der Waals surface area contributed by atoms with E-state index in [4.69, 9.17) is 18.6 Å². The minimum Gasteiger partial charge on any atom is -0.491 e. The third-order valence-electron chi connectivity index (χ3n) is 8.07. The van der Waals surface area contributed by atoms with E-state index >= 15 is 0 Å². The molecule has 9 nitrogen and oxygen atoms in total. The minimum absolute atomic E-state index is 0.0693. The van der Waals surface area contributed by atoms with E-state index in [1.54, 1.807) is 36.4 Å². The first-order valence-electron chi connectivity index (χ1n) is 13.7. The molecule has 2 bridgehead atoms. The fourth-order valence-corrected chi connectivity index (χ4v) is 6.30. The number of ether oxygens (including phenoxy) is 3. The molecule has 3 aliphatic rings. The van der Waals surface area contributed by atoms with Gasteiger partial charge in [-0.2, -0.15) is 0 Å². The van der Waals surface area contributed by atoms with E-state index in [1.165, 1.54) is 6.26 Å². The molecule has 7 rings (SSSR count). The standard InChI is InChI=1S/C31H30N2O7/c34-22(16-32-13-19-10-21(15-32)26-2-1-3-30(35)33(26)14-19)17-39-23-5-6-24-28(12-23)40-18-25(31(24)36)20-4-7-27-29(11-20)38-9-8-37-27/h1-7,11-12,18-19,21-22,34H,8-10,13-17H2/t19-,21+,22?/m1/s1. The molecule has 4 aromatic rings. The summed E-state index contributed by atoms with van der Waals surface area (Å²) < 4.78 is 24.8. The third kappa shape index (κ3) is 4.65. The summed E-state index contributed by atoms with van der Waals surface area (Å²) in [6, 6.07) is 16.0. The number of likely N-dealkylation sites (tertiary alicyclic amines) is 1. The highest BCUT2D eigenvalue weighted by atomic mass is 16.6. The summed E-state index contributed by atoms with van der Waals surface area (Å²) in [6.07, 6.45) is 1.84. The summed E-state index contributed by atoms with van der Waals surface area (Å²) in [5.41, 5.74) is 2.56. The van der Waals surface area contributed by atoms with Crippen LogP contribution in [0.4, 0.5) is 0 Å². The first kappa shape index (κ1) is 24.9. The highest BCUT2D eigenvalue weighted by Gasteiger charge is 2.35. The Hall–Kier alpha value is -4.08. The summed E-state index contributed by atoms with van der Waals surface area (Å²) in [5.74, 6) is 2.48. The van der Waals surface area contributed by atoms with Crippen LogP contribution in [0, 0.1) is 5.92 Å². The lowest BCUT2D eigenvalue weighted by Crippen LogP contribution is -2.49. The second kappa shape index (κ2) is 10.1. The first-order valence-corrected chi connectivity index (χ1v) is 13.7. The van der Waals surface area contributed by atoms with Gasteiger partial charge < -0.3 is 28.3 Å². The van der Waals surface area contributed by atoms with Gasteiger partial charge in [-0.25, -0.2) is 0 Å². The van der Waals surface area contributed by atoms with Crippen LogP contribution in [0.25, 0.3) is 22.1 Å². The van der Waals surface area contributed by atoms with Crippen molar-refractivity contribution in [1.29, 1.82) is 0 Å². The highest BCUT2D eigenvalue weighted by molar-refractivity contribution is 5.83. The summed E-state index contributed by atoms with van der Waals surface area (Å²) in [5, 5.41) is 11.2. The van der Waals surface area contributed by atoms with E-state index in [0.29, 0.717) is 70.9 Å². The maximum absolute atomic E-state index is 13.2. The molecule has 1 saturated heterocycles. The number of piperidine rings is 1. The summed E-state index contributed by atoms with van der Waals surface area (Å²) in [6.45, 7) is 3.97. The molecule has 0 saturated carbocycles. The zero-order valence-electron chi connectivity index (χ0n) is 22.0. The van der Waals surface area contributed by atoms with E-state index < -0.39 is 6.10 Å². The predicted octanol–water partition coefficient (Wildman–Crippen LogP) is 3.25. The fourth-order valence-electron chi connectivity index (χ4n) is 6.30. The van der Waals surface area contributed by atoms with E-state index in [1.807, 2.05) is 22.8 Å². The summed E-state index contributed by atoms with van der Waals surface area (Å²) in [4.78, 5) is 27.8. The molecule has 1 N–H and O–H groups in total. The molecule has 5 heterocycles. The number of hydrogen-bond acceptors (Lipinski definition) is 8. The number of benzene rings is 2. The molecule has 206 valence electrons.